The van der Waals surface area contributed by atoms with Crippen molar-refractivity contribution in [2.75, 3.05) is 31.3 Å². The topological polar surface area (TPSA) is 120 Å². The molecule has 3 aromatic rings. The van der Waals surface area contributed by atoms with Crippen LogP contribution in [0.4, 0.5) is 33.5 Å². The molecule has 16 heteroatoms. The summed E-state index contributed by atoms with van der Waals surface area (Å²) >= 11 is 6.50. The van der Waals surface area contributed by atoms with Crippen LogP contribution >= 0.6 is 11.6 Å². The van der Waals surface area contributed by atoms with Gasteiger partial charge in [0, 0.05) is 37.7 Å². The number of halogens is 6. The van der Waals surface area contributed by atoms with Crippen molar-refractivity contribution in [2.24, 2.45) is 0 Å². The maximum Gasteiger partial charge on any atom is 0.416 e. The van der Waals surface area contributed by atoms with Crippen LogP contribution in [0.5, 0.6) is 6.01 Å². The fraction of sp³-hybridized carbons (Fsp3) is 0.417. The predicted octanol–water partition coefficient (Wildman–Crippen LogP) is 3.80. The number of fused-ring (bicyclic) bond motifs is 2. The van der Waals surface area contributed by atoms with Crippen LogP contribution in [0, 0.1) is 11.6 Å². The lowest BCUT2D eigenvalue weighted by Crippen LogP contribution is -2.29. The fourth-order valence-corrected chi connectivity index (χ4v) is 5.18. The van der Waals surface area contributed by atoms with E-state index in [0.717, 1.165) is 0 Å². The lowest BCUT2D eigenvalue weighted by molar-refractivity contribution is -0.140. The zero-order chi connectivity index (χ0) is 28.9. The summed E-state index contributed by atoms with van der Waals surface area (Å²) in [4.78, 5) is 22.8. The Hall–Kier alpha value is -3.72. The Labute approximate surface area is 229 Å². The number of nitrogens with one attached hydrogen (secondary N) is 1. The number of hydrogen-bond acceptors (Lipinski definition) is 8. The molecule has 4 heterocycles. The molecule has 1 atom stereocenters. The molecule has 0 saturated heterocycles. The van der Waals surface area contributed by atoms with Gasteiger partial charge in [0.15, 0.2) is 11.5 Å². The van der Waals surface area contributed by atoms with Crippen LogP contribution in [0.25, 0.3) is 0 Å². The first-order valence-electron chi connectivity index (χ1n) is 12.1. The molecule has 214 valence electrons. The summed E-state index contributed by atoms with van der Waals surface area (Å²) in [6.45, 7) is 0.865. The van der Waals surface area contributed by atoms with Gasteiger partial charge >= 0.3 is 12.2 Å². The molecule has 3 N–H and O–H groups in total. The molecule has 1 unspecified atom stereocenters. The van der Waals surface area contributed by atoms with Gasteiger partial charge in [-0.25, -0.2) is 8.78 Å². The zero-order valence-corrected chi connectivity index (χ0v) is 22.0. The van der Waals surface area contributed by atoms with Gasteiger partial charge in [-0.2, -0.15) is 28.2 Å². The lowest BCUT2D eigenvalue weighted by atomic mass is 9.93. The van der Waals surface area contributed by atoms with Crippen LogP contribution in [0.3, 0.4) is 0 Å². The summed E-state index contributed by atoms with van der Waals surface area (Å²) < 4.78 is 82.8. The van der Waals surface area contributed by atoms with Crippen molar-refractivity contribution in [1.29, 1.82) is 0 Å². The van der Waals surface area contributed by atoms with Crippen molar-refractivity contribution in [2.45, 2.75) is 44.8 Å². The molecule has 10 nitrogen and oxygen atoms in total. The fourth-order valence-electron chi connectivity index (χ4n) is 4.89. The third-order valence-corrected chi connectivity index (χ3v) is 7.23. The average molecular weight is 588 g/mol. The van der Waals surface area contributed by atoms with Crippen LogP contribution in [-0.2, 0) is 37.0 Å². The second-order valence-electron chi connectivity index (χ2n) is 9.19. The van der Waals surface area contributed by atoms with Gasteiger partial charge in [0.2, 0.25) is 0 Å². The molecule has 0 bridgehead atoms. The van der Waals surface area contributed by atoms with E-state index in [1.54, 1.807) is 4.68 Å². The smallest absolute Gasteiger partial charge is 0.416 e. The molecule has 1 amide bonds. The van der Waals surface area contributed by atoms with Gasteiger partial charge in [-0.3, -0.25) is 9.48 Å². The first kappa shape index (κ1) is 27.8. The number of carbonyl (C=O) groups excluding carboxylic acids is 1. The maximum atomic E-state index is 15.0. The van der Waals surface area contributed by atoms with Crippen molar-refractivity contribution < 1.29 is 36.2 Å². The average Bonchev–Trinajstić information content (AvgIpc) is 3.08. The van der Waals surface area contributed by atoms with Crippen LogP contribution in [0.15, 0.2) is 6.07 Å². The van der Waals surface area contributed by atoms with E-state index < -0.39 is 46.6 Å². The Kier molecular flexibility index (Phi) is 7.20. The normalized spacial score (nSPS) is 17.2. The molecule has 0 radical (unpaired) electrons. The van der Waals surface area contributed by atoms with Gasteiger partial charge in [-0.1, -0.05) is 11.6 Å². The van der Waals surface area contributed by atoms with Crippen molar-refractivity contribution in [3.8, 4) is 6.01 Å². The van der Waals surface area contributed by atoms with E-state index in [4.69, 9.17) is 26.8 Å². The molecular weight excluding hydrogens is 565 g/mol. The number of nitrogens with zero attached hydrogens (tertiary/aromatic N) is 5. The quantitative estimate of drug-likeness (QED) is 0.349. The van der Waals surface area contributed by atoms with E-state index in [1.165, 1.54) is 14.2 Å². The number of hydrogen-bond donors (Lipinski definition) is 2. The Morgan fingerprint density at radius 3 is 2.70 bits per heavy atom. The van der Waals surface area contributed by atoms with Crippen molar-refractivity contribution in [3.63, 3.8) is 0 Å². The summed E-state index contributed by atoms with van der Waals surface area (Å²) in [5.41, 5.74) is 3.31. The number of carbonyl (C=O) groups is 1. The van der Waals surface area contributed by atoms with Crippen LogP contribution < -0.4 is 20.7 Å². The minimum Gasteiger partial charge on any atom is -0.467 e. The van der Waals surface area contributed by atoms with Gasteiger partial charge in [0.25, 0.3) is 5.91 Å². The zero-order valence-electron chi connectivity index (χ0n) is 21.2. The molecule has 2 aliphatic rings. The summed E-state index contributed by atoms with van der Waals surface area (Å²) in [6, 6.07) is 0.0925. The molecule has 5 rings (SSSR count). The maximum absolute atomic E-state index is 15.0. The number of anilines is 2. The number of alkyl halides is 3. The summed E-state index contributed by atoms with van der Waals surface area (Å²) in [7, 11) is 2.79. The lowest BCUT2D eigenvalue weighted by Gasteiger charge is -2.31. The number of rotatable bonds is 4. The second-order valence-corrected chi connectivity index (χ2v) is 9.57. The minimum atomic E-state index is -5.06. The van der Waals surface area contributed by atoms with E-state index >= 15 is 0 Å². The van der Waals surface area contributed by atoms with E-state index in [-0.39, 0.29) is 48.1 Å². The molecule has 0 aliphatic carbocycles. The largest absolute Gasteiger partial charge is 0.467 e. The number of aromatic nitrogens is 4. The summed E-state index contributed by atoms with van der Waals surface area (Å²) in [5, 5.41) is 7.00. The Bertz CT molecular complexity index is 1500. The standard InChI is InChI=1S/C24H23ClF5N7O3/c1-32-22(38)20-17(25)14-8-36(4-3-5-37(14)35-20)21-10-9-40-15(7-13(10)33-23(34-21)39-2)16-11(24(28,29)30)6-12(26)19(31)18(16)27/h6,15H,3-5,7-9,31H2,1-2H3,(H,32,38). The third-order valence-electron chi connectivity index (χ3n) is 6.83. The molecular formula is C24H23ClF5N7O3. The highest BCUT2D eigenvalue weighted by Gasteiger charge is 2.41. The first-order valence-corrected chi connectivity index (χ1v) is 12.4. The van der Waals surface area contributed by atoms with Gasteiger partial charge in [0.1, 0.15) is 17.3 Å². The number of nitrogens with two attached hydrogens (primary N) is 1. The number of nitrogen functional groups attached to an aromatic ring is 1. The second kappa shape index (κ2) is 10.4. The summed E-state index contributed by atoms with van der Waals surface area (Å²) in [6.07, 6.45) is -6.23. The van der Waals surface area contributed by atoms with Gasteiger partial charge in [-0.05, 0) is 12.5 Å². The van der Waals surface area contributed by atoms with Crippen LogP contribution in [0.1, 0.15) is 51.1 Å². The highest BCUT2D eigenvalue weighted by atomic mass is 35.5. The molecule has 0 spiro atoms. The van der Waals surface area contributed by atoms with E-state index in [9.17, 15) is 26.7 Å². The number of amides is 1. The van der Waals surface area contributed by atoms with E-state index in [1.807, 2.05) is 4.90 Å². The monoisotopic (exact) mass is 587 g/mol. The number of ether oxygens (including phenoxy) is 2. The van der Waals surface area contributed by atoms with Crippen molar-refractivity contribution >= 4 is 29.0 Å². The third kappa shape index (κ3) is 4.76. The number of methoxy groups -OCH3 is 1. The molecule has 1 aromatic carbocycles. The van der Waals surface area contributed by atoms with Crippen LogP contribution in [0.2, 0.25) is 5.02 Å². The SMILES string of the molecule is CNC(=O)c1nn2c(c1Cl)CN(c1nc(OC)nc3c1COC(c1c(C(F)(F)F)cc(F)c(N)c1F)C3)CCC2. The molecule has 40 heavy (non-hydrogen) atoms. The Morgan fingerprint density at radius 2 is 2.02 bits per heavy atom. The molecule has 0 saturated carbocycles. The number of aryl methyl sites for hydroxylation is 1. The van der Waals surface area contributed by atoms with Crippen LogP contribution in [-0.4, -0.2) is 46.4 Å². The minimum absolute atomic E-state index is 0.0700. The van der Waals surface area contributed by atoms with E-state index in [0.29, 0.717) is 36.6 Å². The highest BCUT2D eigenvalue weighted by molar-refractivity contribution is 6.34. The van der Waals surface area contributed by atoms with Gasteiger partial charge in [-0.15, -0.1) is 0 Å². The molecule has 0 fully saturated rings. The first-order chi connectivity index (χ1) is 18.9. The Balaban J connectivity index is 1.54. The number of benzene rings is 1. The molecule has 2 aliphatic heterocycles. The van der Waals surface area contributed by atoms with Gasteiger partial charge in [0.05, 0.1) is 48.3 Å². The summed E-state index contributed by atoms with van der Waals surface area (Å²) in [5.74, 6) is -3.12. The van der Waals surface area contributed by atoms with Gasteiger partial charge < -0.3 is 25.4 Å². The van der Waals surface area contributed by atoms with E-state index in [2.05, 4.69) is 20.4 Å². The predicted molar refractivity (Wildman–Crippen MR) is 132 cm³/mol. The van der Waals surface area contributed by atoms with Crippen molar-refractivity contribution in [1.82, 2.24) is 25.1 Å². The van der Waals surface area contributed by atoms with Crippen molar-refractivity contribution in [3.05, 3.63) is 56.5 Å². The Morgan fingerprint density at radius 1 is 1.27 bits per heavy atom. The highest BCUT2D eigenvalue weighted by Crippen LogP contribution is 2.44. The molecule has 2 aromatic heterocycles.